The number of nitrogen functional groups attached to an aromatic ring is 1. The lowest BCUT2D eigenvalue weighted by molar-refractivity contribution is 0.0688. The molecule has 0 unspecified atom stereocenters. The standard InChI is InChI=1S/C14H20N4OS/c1-8(2)7-18(9(3)4)14(19)12-10(15)11-13(20-12)17-6-5-16-11/h5-6,8-9H,7,15H2,1-4H3. The number of nitrogens with two attached hydrogens (primary N) is 1. The highest BCUT2D eigenvalue weighted by Gasteiger charge is 2.25. The number of fused-ring (bicyclic) bond motifs is 1. The SMILES string of the molecule is CC(C)CN(C(=O)c1sc2nccnc2c1N)C(C)C. The summed E-state index contributed by atoms with van der Waals surface area (Å²) in [5.74, 6) is 0.379. The number of thiophene rings is 1. The van der Waals surface area contributed by atoms with Gasteiger partial charge in [0.25, 0.3) is 5.91 Å². The highest BCUT2D eigenvalue weighted by molar-refractivity contribution is 7.21. The predicted octanol–water partition coefficient (Wildman–Crippen LogP) is 2.78. The van der Waals surface area contributed by atoms with Crippen LogP contribution >= 0.6 is 11.3 Å². The van der Waals surface area contributed by atoms with Crippen LogP contribution in [-0.2, 0) is 0 Å². The van der Waals surface area contributed by atoms with Gasteiger partial charge in [0, 0.05) is 25.0 Å². The Balaban J connectivity index is 2.41. The Hall–Kier alpha value is -1.69. The predicted molar refractivity (Wildman–Crippen MR) is 82.8 cm³/mol. The summed E-state index contributed by atoms with van der Waals surface area (Å²) < 4.78 is 0. The van der Waals surface area contributed by atoms with E-state index < -0.39 is 0 Å². The first-order valence-corrected chi connectivity index (χ1v) is 7.53. The lowest BCUT2D eigenvalue weighted by atomic mass is 10.1. The molecule has 0 saturated carbocycles. The van der Waals surface area contributed by atoms with Crippen LogP contribution in [0.1, 0.15) is 37.4 Å². The van der Waals surface area contributed by atoms with Crippen LogP contribution in [0.5, 0.6) is 0 Å². The van der Waals surface area contributed by atoms with Gasteiger partial charge in [0.15, 0.2) is 0 Å². The summed E-state index contributed by atoms with van der Waals surface area (Å²) in [7, 11) is 0. The lowest BCUT2D eigenvalue weighted by Crippen LogP contribution is -2.39. The molecule has 0 aliphatic rings. The Morgan fingerprint density at radius 3 is 2.50 bits per heavy atom. The average molecular weight is 292 g/mol. The van der Waals surface area contributed by atoms with Gasteiger partial charge >= 0.3 is 0 Å². The van der Waals surface area contributed by atoms with Crippen molar-refractivity contribution in [3.63, 3.8) is 0 Å². The highest BCUT2D eigenvalue weighted by atomic mass is 32.1. The zero-order valence-electron chi connectivity index (χ0n) is 12.3. The minimum absolute atomic E-state index is 0.0315. The molecule has 0 aliphatic heterocycles. The van der Waals surface area contributed by atoms with Crippen LogP contribution in [0.3, 0.4) is 0 Å². The molecule has 1 amide bonds. The van der Waals surface area contributed by atoms with Crippen molar-refractivity contribution < 1.29 is 4.79 Å². The van der Waals surface area contributed by atoms with Crippen LogP contribution in [-0.4, -0.2) is 33.4 Å². The zero-order chi connectivity index (χ0) is 14.9. The van der Waals surface area contributed by atoms with Gasteiger partial charge in [-0.3, -0.25) is 4.79 Å². The molecule has 2 aromatic rings. The maximum Gasteiger partial charge on any atom is 0.266 e. The quantitative estimate of drug-likeness (QED) is 0.940. The molecule has 0 fully saturated rings. The Morgan fingerprint density at radius 1 is 1.30 bits per heavy atom. The molecule has 2 N–H and O–H groups in total. The zero-order valence-corrected chi connectivity index (χ0v) is 13.1. The molecule has 108 valence electrons. The van der Waals surface area contributed by atoms with Crippen LogP contribution in [0.4, 0.5) is 5.69 Å². The van der Waals surface area contributed by atoms with Gasteiger partial charge < -0.3 is 10.6 Å². The first-order chi connectivity index (χ1) is 9.41. The fourth-order valence-corrected chi connectivity index (χ4v) is 3.03. The molecule has 2 rings (SSSR count). The van der Waals surface area contributed by atoms with Crippen LogP contribution in [0.15, 0.2) is 12.4 Å². The summed E-state index contributed by atoms with van der Waals surface area (Å²) in [6, 6.07) is 0.135. The summed E-state index contributed by atoms with van der Waals surface area (Å²) >= 11 is 1.32. The van der Waals surface area contributed by atoms with Crippen molar-refractivity contribution in [2.45, 2.75) is 33.7 Å². The van der Waals surface area contributed by atoms with Gasteiger partial charge in [0.1, 0.15) is 15.2 Å². The molecule has 20 heavy (non-hydrogen) atoms. The first kappa shape index (κ1) is 14.7. The number of hydrogen-bond donors (Lipinski definition) is 1. The van der Waals surface area contributed by atoms with Crippen LogP contribution in [0.25, 0.3) is 10.3 Å². The van der Waals surface area contributed by atoms with Crippen molar-refractivity contribution in [2.24, 2.45) is 5.92 Å². The molecular weight excluding hydrogens is 272 g/mol. The molecule has 6 heteroatoms. The Bertz CT molecular complexity index is 621. The second-order valence-electron chi connectivity index (χ2n) is 5.50. The topological polar surface area (TPSA) is 72.1 Å². The monoisotopic (exact) mass is 292 g/mol. The summed E-state index contributed by atoms with van der Waals surface area (Å²) in [5.41, 5.74) is 7.13. The van der Waals surface area contributed by atoms with Gasteiger partial charge in [0.2, 0.25) is 0 Å². The van der Waals surface area contributed by atoms with Crippen molar-refractivity contribution in [3.05, 3.63) is 17.3 Å². The van der Waals surface area contributed by atoms with E-state index in [2.05, 4.69) is 23.8 Å². The smallest absolute Gasteiger partial charge is 0.266 e. The Kier molecular flexibility index (Phi) is 4.23. The van der Waals surface area contributed by atoms with Crippen molar-refractivity contribution in [1.82, 2.24) is 14.9 Å². The highest BCUT2D eigenvalue weighted by Crippen LogP contribution is 2.31. The van der Waals surface area contributed by atoms with Crippen LogP contribution in [0, 0.1) is 5.92 Å². The maximum absolute atomic E-state index is 12.7. The number of nitrogens with zero attached hydrogens (tertiary/aromatic N) is 3. The van der Waals surface area contributed by atoms with E-state index >= 15 is 0 Å². The van der Waals surface area contributed by atoms with Crippen LogP contribution < -0.4 is 5.73 Å². The normalized spacial score (nSPS) is 11.5. The molecular formula is C14H20N4OS. The fourth-order valence-electron chi connectivity index (χ4n) is 2.05. The van der Waals surface area contributed by atoms with Crippen molar-refractivity contribution in [2.75, 3.05) is 12.3 Å². The van der Waals surface area contributed by atoms with Gasteiger partial charge in [-0.15, -0.1) is 11.3 Å². The summed E-state index contributed by atoms with van der Waals surface area (Å²) in [4.78, 5) is 24.2. The third-order valence-corrected chi connectivity index (χ3v) is 4.09. The van der Waals surface area contributed by atoms with E-state index in [1.807, 2.05) is 18.7 Å². The molecule has 0 saturated heterocycles. The Labute approximate surface area is 122 Å². The van der Waals surface area contributed by atoms with Crippen molar-refractivity contribution >= 4 is 33.3 Å². The molecule has 0 aromatic carbocycles. The number of carbonyl (C=O) groups is 1. The molecule has 2 heterocycles. The number of aromatic nitrogens is 2. The van der Waals surface area contributed by atoms with Crippen molar-refractivity contribution in [3.8, 4) is 0 Å². The molecule has 0 aliphatic carbocycles. The van der Waals surface area contributed by atoms with E-state index in [-0.39, 0.29) is 11.9 Å². The van der Waals surface area contributed by atoms with E-state index in [0.29, 0.717) is 33.4 Å². The van der Waals surface area contributed by atoms with Gasteiger partial charge in [-0.05, 0) is 19.8 Å². The second-order valence-corrected chi connectivity index (χ2v) is 6.50. The molecule has 0 bridgehead atoms. The molecule has 5 nitrogen and oxygen atoms in total. The number of amides is 1. The van der Waals surface area contributed by atoms with Gasteiger partial charge in [0.05, 0.1) is 5.69 Å². The minimum Gasteiger partial charge on any atom is -0.396 e. The van der Waals surface area contributed by atoms with E-state index in [0.717, 1.165) is 0 Å². The van der Waals surface area contributed by atoms with E-state index in [4.69, 9.17) is 5.73 Å². The minimum atomic E-state index is -0.0315. The summed E-state index contributed by atoms with van der Waals surface area (Å²) in [6.07, 6.45) is 3.20. The fraction of sp³-hybridized carbons (Fsp3) is 0.500. The third-order valence-electron chi connectivity index (χ3n) is 3.00. The second kappa shape index (κ2) is 5.75. The van der Waals surface area contributed by atoms with Crippen molar-refractivity contribution in [1.29, 1.82) is 0 Å². The number of hydrogen-bond acceptors (Lipinski definition) is 5. The number of carbonyl (C=O) groups excluding carboxylic acids is 1. The van der Waals surface area contributed by atoms with Gasteiger partial charge in [-0.2, -0.15) is 0 Å². The average Bonchev–Trinajstić information content (AvgIpc) is 2.73. The summed E-state index contributed by atoms with van der Waals surface area (Å²) in [5, 5.41) is 0. The van der Waals surface area contributed by atoms with E-state index in [1.165, 1.54) is 11.3 Å². The molecule has 0 atom stereocenters. The van der Waals surface area contributed by atoms with Gasteiger partial charge in [-0.25, -0.2) is 9.97 Å². The molecule has 0 radical (unpaired) electrons. The first-order valence-electron chi connectivity index (χ1n) is 6.71. The number of anilines is 1. The largest absolute Gasteiger partial charge is 0.396 e. The number of rotatable bonds is 4. The lowest BCUT2D eigenvalue weighted by Gasteiger charge is -2.28. The Morgan fingerprint density at radius 2 is 1.95 bits per heavy atom. The summed E-state index contributed by atoms with van der Waals surface area (Å²) in [6.45, 7) is 8.94. The maximum atomic E-state index is 12.7. The molecule has 2 aromatic heterocycles. The van der Waals surface area contributed by atoms with E-state index in [1.54, 1.807) is 12.4 Å². The van der Waals surface area contributed by atoms with Gasteiger partial charge in [-0.1, -0.05) is 13.8 Å². The third kappa shape index (κ3) is 2.75. The van der Waals surface area contributed by atoms with Crippen LogP contribution in [0.2, 0.25) is 0 Å². The van der Waals surface area contributed by atoms with E-state index in [9.17, 15) is 4.79 Å². The molecule has 0 spiro atoms.